The molecule has 0 unspecified atom stereocenters. The Hall–Kier alpha value is -4.26. The number of nitrogens with zero attached hydrogens (tertiary/aromatic N) is 3. The lowest BCUT2D eigenvalue weighted by Gasteiger charge is -2.10. The molecule has 0 aliphatic rings. The van der Waals surface area contributed by atoms with Crippen molar-refractivity contribution in [3.63, 3.8) is 0 Å². The maximum atomic E-state index is 14.5. The first-order valence-corrected chi connectivity index (χ1v) is 11.5. The van der Waals surface area contributed by atoms with E-state index in [2.05, 4.69) is 0 Å². The summed E-state index contributed by atoms with van der Waals surface area (Å²) < 4.78 is 27.8. The van der Waals surface area contributed by atoms with Crippen LogP contribution >= 0.6 is 0 Å². The largest absolute Gasteiger partial charge is 0.466 e. The van der Waals surface area contributed by atoms with Crippen LogP contribution in [0.2, 0.25) is 0 Å². The fourth-order valence-corrected chi connectivity index (χ4v) is 4.06. The van der Waals surface area contributed by atoms with E-state index in [1.807, 2.05) is 49.4 Å². The molecule has 0 radical (unpaired) electrons. The summed E-state index contributed by atoms with van der Waals surface area (Å²) in [5, 5.41) is 0. The average Bonchev–Trinajstić information content (AvgIpc) is 3.45. The van der Waals surface area contributed by atoms with Crippen molar-refractivity contribution >= 4 is 11.6 Å². The van der Waals surface area contributed by atoms with Gasteiger partial charge in [0.15, 0.2) is 5.65 Å². The normalized spacial score (nSPS) is 11.2. The Labute approximate surface area is 202 Å². The van der Waals surface area contributed by atoms with E-state index >= 15 is 0 Å². The number of hydrogen-bond acceptors (Lipinski definition) is 5. The van der Waals surface area contributed by atoms with E-state index in [0.717, 1.165) is 17.7 Å². The summed E-state index contributed by atoms with van der Waals surface area (Å²) in [4.78, 5) is 21.7. The number of carbonyl (C=O) groups excluding carboxylic acids is 1. The number of benzene rings is 2. The number of fused-ring (bicyclic) bond motifs is 1. The highest BCUT2D eigenvalue weighted by Gasteiger charge is 2.22. The minimum atomic E-state index is -0.463. The van der Waals surface area contributed by atoms with E-state index in [1.165, 1.54) is 13.0 Å². The van der Waals surface area contributed by atoms with Gasteiger partial charge in [-0.05, 0) is 23.8 Å². The number of furan rings is 1. The van der Waals surface area contributed by atoms with E-state index < -0.39 is 5.97 Å². The van der Waals surface area contributed by atoms with E-state index in [4.69, 9.17) is 19.1 Å². The molecule has 0 saturated carbocycles. The number of aromatic nitrogens is 3. The zero-order valence-electron chi connectivity index (χ0n) is 19.5. The number of esters is 1. The third kappa shape index (κ3) is 4.71. The van der Waals surface area contributed by atoms with Crippen molar-refractivity contribution < 1.29 is 18.3 Å². The molecule has 0 aliphatic heterocycles. The number of halogens is 1. The van der Waals surface area contributed by atoms with Crippen LogP contribution in [0.25, 0.3) is 16.9 Å². The average molecular weight is 470 g/mol. The van der Waals surface area contributed by atoms with Crippen molar-refractivity contribution in [1.82, 2.24) is 14.4 Å². The van der Waals surface area contributed by atoms with Gasteiger partial charge >= 0.3 is 5.97 Å². The lowest BCUT2D eigenvalue weighted by Crippen LogP contribution is -2.07. The summed E-state index contributed by atoms with van der Waals surface area (Å²) in [6.45, 7) is 3.37. The fraction of sp³-hybridized carbons (Fsp3) is 0.179. The van der Waals surface area contributed by atoms with Crippen LogP contribution in [-0.4, -0.2) is 20.3 Å². The van der Waals surface area contributed by atoms with Crippen LogP contribution in [0.4, 0.5) is 4.39 Å². The van der Waals surface area contributed by atoms with Crippen molar-refractivity contribution in [2.24, 2.45) is 0 Å². The molecular weight excluding hydrogens is 445 g/mol. The second kappa shape index (κ2) is 9.54. The Morgan fingerprint density at radius 3 is 2.40 bits per heavy atom. The van der Waals surface area contributed by atoms with Crippen molar-refractivity contribution in [1.29, 1.82) is 0 Å². The molecule has 0 amide bonds. The quantitative estimate of drug-likeness (QED) is 0.282. The number of hydrogen-bond donors (Lipinski definition) is 0. The monoisotopic (exact) mass is 469 g/mol. The van der Waals surface area contributed by atoms with Gasteiger partial charge in [-0.1, -0.05) is 55.5 Å². The lowest BCUT2D eigenvalue weighted by atomic mass is 10.1. The molecule has 2 aromatic carbocycles. The summed E-state index contributed by atoms with van der Waals surface area (Å²) in [6.07, 6.45) is 3.14. The summed E-state index contributed by atoms with van der Waals surface area (Å²) in [5.41, 5.74) is 3.66. The van der Waals surface area contributed by atoms with Crippen molar-refractivity contribution in [2.45, 2.75) is 33.1 Å². The molecule has 0 aliphatic carbocycles. The summed E-state index contributed by atoms with van der Waals surface area (Å²) in [6, 6.07) is 20.1. The second-order valence-electron chi connectivity index (χ2n) is 8.26. The van der Waals surface area contributed by atoms with Gasteiger partial charge in [-0.2, -0.15) is 0 Å². The van der Waals surface area contributed by atoms with Crippen molar-refractivity contribution in [2.75, 3.05) is 0 Å². The zero-order chi connectivity index (χ0) is 24.4. The molecule has 0 spiro atoms. The molecule has 0 bridgehead atoms. The van der Waals surface area contributed by atoms with Crippen LogP contribution in [-0.2, 0) is 24.1 Å². The minimum Gasteiger partial charge on any atom is -0.466 e. The smallest absolute Gasteiger partial charge is 0.309 e. The van der Waals surface area contributed by atoms with Gasteiger partial charge in [0.1, 0.15) is 23.0 Å². The predicted molar refractivity (Wildman–Crippen MR) is 130 cm³/mol. The van der Waals surface area contributed by atoms with E-state index in [9.17, 15) is 9.18 Å². The Kier molecular flexibility index (Phi) is 6.14. The second-order valence-corrected chi connectivity index (χ2v) is 8.26. The molecule has 0 saturated heterocycles. The van der Waals surface area contributed by atoms with E-state index in [-0.39, 0.29) is 12.2 Å². The number of rotatable bonds is 7. The topological polar surface area (TPSA) is 69.6 Å². The van der Waals surface area contributed by atoms with Gasteiger partial charge < -0.3 is 9.15 Å². The van der Waals surface area contributed by atoms with Gasteiger partial charge in [0.05, 0.1) is 17.8 Å². The molecule has 35 heavy (non-hydrogen) atoms. The van der Waals surface area contributed by atoms with Gasteiger partial charge in [0.25, 0.3) is 0 Å². The molecule has 0 fully saturated rings. The van der Waals surface area contributed by atoms with Crippen molar-refractivity contribution in [3.05, 3.63) is 107 Å². The first-order valence-electron chi connectivity index (χ1n) is 11.5. The Balaban J connectivity index is 1.70. The Morgan fingerprint density at radius 2 is 1.69 bits per heavy atom. The SMILES string of the molecule is CCc1ccc(Cc2nc3c(Cc4ccccc4F)nc(-c4ccccc4)cn3c2OC(C)=O)o1. The van der Waals surface area contributed by atoms with Gasteiger partial charge in [0.2, 0.25) is 5.88 Å². The zero-order valence-corrected chi connectivity index (χ0v) is 19.5. The van der Waals surface area contributed by atoms with Crippen LogP contribution in [0.1, 0.15) is 42.3 Å². The maximum Gasteiger partial charge on any atom is 0.309 e. The number of imidazole rings is 1. The fourth-order valence-electron chi connectivity index (χ4n) is 4.06. The van der Waals surface area contributed by atoms with Gasteiger partial charge in [0, 0.05) is 31.5 Å². The molecule has 3 heterocycles. The van der Waals surface area contributed by atoms with Crippen LogP contribution < -0.4 is 4.74 Å². The highest BCUT2D eigenvalue weighted by Crippen LogP contribution is 2.30. The first kappa shape index (κ1) is 22.5. The van der Waals surface area contributed by atoms with Crippen molar-refractivity contribution in [3.8, 4) is 17.1 Å². The number of ether oxygens (including phenoxy) is 1. The highest BCUT2D eigenvalue weighted by atomic mass is 19.1. The van der Waals surface area contributed by atoms with Gasteiger partial charge in [-0.15, -0.1) is 0 Å². The maximum absolute atomic E-state index is 14.5. The van der Waals surface area contributed by atoms with Gasteiger partial charge in [-0.25, -0.2) is 14.4 Å². The Bertz CT molecular complexity index is 1500. The third-order valence-electron chi connectivity index (χ3n) is 5.73. The van der Waals surface area contributed by atoms with E-state index in [0.29, 0.717) is 46.4 Å². The number of aryl methyl sites for hydroxylation is 1. The molecule has 176 valence electrons. The lowest BCUT2D eigenvalue weighted by molar-refractivity contribution is -0.132. The number of carbonyl (C=O) groups is 1. The molecule has 7 heteroatoms. The van der Waals surface area contributed by atoms with Crippen LogP contribution in [0, 0.1) is 5.82 Å². The molecule has 6 nitrogen and oxygen atoms in total. The van der Waals surface area contributed by atoms with Crippen LogP contribution in [0.3, 0.4) is 0 Å². The van der Waals surface area contributed by atoms with E-state index in [1.54, 1.807) is 28.8 Å². The predicted octanol–water partition coefficient (Wildman–Crippen LogP) is 5.80. The summed E-state index contributed by atoms with van der Waals surface area (Å²) >= 11 is 0. The molecule has 5 aromatic rings. The first-order chi connectivity index (χ1) is 17.0. The molecule has 0 atom stereocenters. The highest BCUT2D eigenvalue weighted by molar-refractivity contribution is 5.70. The third-order valence-corrected chi connectivity index (χ3v) is 5.73. The minimum absolute atomic E-state index is 0.230. The van der Waals surface area contributed by atoms with Gasteiger partial charge in [-0.3, -0.25) is 9.20 Å². The Morgan fingerprint density at radius 1 is 0.943 bits per heavy atom. The molecule has 3 aromatic heterocycles. The molecule has 5 rings (SSSR count). The summed E-state index contributed by atoms with van der Waals surface area (Å²) in [5.74, 6) is 1.11. The van der Waals surface area contributed by atoms with Crippen LogP contribution in [0.5, 0.6) is 5.88 Å². The standard InChI is InChI=1S/C28H24FN3O3/c1-3-21-13-14-22(35-21)16-25-28(34-18(2)33)32-17-26(19-9-5-4-6-10-19)30-24(27(32)31-25)15-20-11-7-8-12-23(20)29/h4-14,17H,3,15-16H2,1-2H3. The van der Waals surface area contributed by atoms with Crippen LogP contribution in [0.15, 0.2) is 77.3 Å². The molecule has 0 N–H and O–H groups in total. The summed E-state index contributed by atoms with van der Waals surface area (Å²) in [7, 11) is 0. The molecular formula is C28H24FN3O3.